The van der Waals surface area contributed by atoms with E-state index in [9.17, 15) is 0 Å². The Balaban J connectivity index is 1.43. The fourth-order valence-electron chi connectivity index (χ4n) is 3.23. The first-order valence-corrected chi connectivity index (χ1v) is 9.30. The van der Waals surface area contributed by atoms with Crippen LogP contribution in [0.2, 0.25) is 0 Å². The van der Waals surface area contributed by atoms with Crippen molar-refractivity contribution in [3.05, 3.63) is 89.6 Å². The molecule has 4 rings (SSSR count). The first-order chi connectivity index (χ1) is 13.7. The van der Waals surface area contributed by atoms with Crippen molar-refractivity contribution in [1.82, 2.24) is 24.8 Å². The van der Waals surface area contributed by atoms with Gasteiger partial charge in [0.15, 0.2) is 0 Å². The Morgan fingerprint density at radius 2 is 1.86 bits per heavy atom. The molecule has 4 aromatic rings. The van der Waals surface area contributed by atoms with Gasteiger partial charge in [-0.25, -0.2) is 0 Å². The molecule has 0 atom stereocenters. The number of aromatic nitrogens is 4. The van der Waals surface area contributed by atoms with Crippen LogP contribution in [0.5, 0.6) is 0 Å². The molecule has 28 heavy (non-hydrogen) atoms. The average Bonchev–Trinajstić information content (AvgIpc) is 3.35. The molecule has 6 nitrogen and oxygen atoms in total. The van der Waals surface area contributed by atoms with Crippen LogP contribution in [0.15, 0.2) is 71.5 Å². The summed E-state index contributed by atoms with van der Waals surface area (Å²) in [6.45, 7) is 4.20. The molecule has 0 N–H and O–H groups in total. The van der Waals surface area contributed by atoms with E-state index in [0.717, 1.165) is 18.7 Å². The Labute approximate surface area is 164 Å². The van der Waals surface area contributed by atoms with Gasteiger partial charge in [-0.15, -0.1) is 0 Å². The van der Waals surface area contributed by atoms with Crippen molar-refractivity contribution in [2.24, 2.45) is 0 Å². The van der Waals surface area contributed by atoms with Crippen LogP contribution in [0.4, 0.5) is 0 Å². The van der Waals surface area contributed by atoms with Gasteiger partial charge in [0, 0.05) is 24.5 Å². The lowest BCUT2D eigenvalue weighted by Crippen LogP contribution is -2.19. The predicted molar refractivity (Wildman–Crippen MR) is 107 cm³/mol. The summed E-state index contributed by atoms with van der Waals surface area (Å²) in [6, 6.07) is 18.5. The number of nitrogens with zero attached hydrogens (tertiary/aromatic N) is 5. The highest BCUT2D eigenvalue weighted by Crippen LogP contribution is 2.18. The summed E-state index contributed by atoms with van der Waals surface area (Å²) in [5.41, 5.74) is 4.67. The third-order valence-corrected chi connectivity index (χ3v) is 4.60. The first-order valence-electron chi connectivity index (χ1n) is 9.30. The molecule has 0 unspecified atom stereocenters. The normalized spacial score (nSPS) is 11.2. The summed E-state index contributed by atoms with van der Waals surface area (Å²) in [5, 5.41) is 8.44. The van der Waals surface area contributed by atoms with Crippen molar-refractivity contribution >= 4 is 0 Å². The van der Waals surface area contributed by atoms with E-state index >= 15 is 0 Å². The van der Waals surface area contributed by atoms with Crippen molar-refractivity contribution in [3.8, 4) is 11.4 Å². The lowest BCUT2D eigenvalue weighted by atomic mass is 10.1. The van der Waals surface area contributed by atoms with Crippen LogP contribution in [0.25, 0.3) is 11.4 Å². The summed E-state index contributed by atoms with van der Waals surface area (Å²) >= 11 is 0. The van der Waals surface area contributed by atoms with E-state index < -0.39 is 0 Å². The maximum atomic E-state index is 5.47. The van der Waals surface area contributed by atoms with E-state index in [4.69, 9.17) is 4.52 Å². The van der Waals surface area contributed by atoms with E-state index in [0.29, 0.717) is 18.3 Å². The molecule has 0 aliphatic rings. The molecule has 6 heteroatoms. The zero-order chi connectivity index (χ0) is 19.3. The largest absolute Gasteiger partial charge is 0.338 e. The van der Waals surface area contributed by atoms with Crippen molar-refractivity contribution in [1.29, 1.82) is 0 Å². The van der Waals surface area contributed by atoms with Crippen molar-refractivity contribution in [3.63, 3.8) is 0 Å². The molecule has 0 fully saturated rings. The standard InChI is InChI=1S/C22H23N5O/c1-17-7-5-10-18(13-17)22-24-21(28-25-22)16-26(2)14-19-8-3-4-9-20(19)15-27-12-6-11-23-27/h3-13H,14-16H2,1-2H3. The van der Waals surface area contributed by atoms with Crippen LogP contribution in [0, 0.1) is 6.92 Å². The summed E-state index contributed by atoms with van der Waals surface area (Å²) in [4.78, 5) is 6.73. The van der Waals surface area contributed by atoms with E-state index in [1.807, 2.05) is 29.1 Å². The van der Waals surface area contributed by atoms with Crippen LogP contribution in [-0.4, -0.2) is 31.9 Å². The van der Waals surface area contributed by atoms with Gasteiger partial charge in [-0.05, 0) is 37.2 Å². The van der Waals surface area contributed by atoms with Crippen LogP contribution in [-0.2, 0) is 19.6 Å². The second kappa shape index (κ2) is 8.19. The molecule has 0 radical (unpaired) electrons. The lowest BCUT2D eigenvalue weighted by molar-refractivity contribution is 0.260. The molecule has 142 valence electrons. The van der Waals surface area contributed by atoms with Gasteiger partial charge in [0.05, 0.1) is 13.1 Å². The molecular weight excluding hydrogens is 350 g/mol. The highest BCUT2D eigenvalue weighted by atomic mass is 16.5. The molecular formula is C22H23N5O. The Hall–Kier alpha value is -3.25. The van der Waals surface area contributed by atoms with Crippen LogP contribution < -0.4 is 0 Å². The predicted octanol–water partition coefficient (Wildman–Crippen LogP) is 3.92. The van der Waals surface area contributed by atoms with E-state index in [1.54, 1.807) is 6.20 Å². The van der Waals surface area contributed by atoms with E-state index in [1.165, 1.54) is 16.7 Å². The Morgan fingerprint density at radius 1 is 1.00 bits per heavy atom. The van der Waals surface area contributed by atoms with Gasteiger partial charge in [0.25, 0.3) is 0 Å². The van der Waals surface area contributed by atoms with E-state index in [-0.39, 0.29) is 0 Å². The summed E-state index contributed by atoms with van der Waals surface area (Å²) < 4.78 is 7.40. The summed E-state index contributed by atoms with van der Waals surface area (Å²) in [6.07, 6.45) is 3.78. The highest BCUT2D eigenvalue weighted by molar-refractivity contribution is 5.55. The van der Waals surface area contributed by atoms with Gasteiger partial charge < -0.3 is 4.52 Å². The number of hydrogen-bond acceptors (Lipinski definition) is 5. The number of benzene rings is 2. The first kappa shape index (κ1) is 18.1. The average molecular weight is 373 g/mol. The number of aryl methyl sites for hydroxylation is 1. The molecule has 2 aromatic heterocycles. The Kier molecular flexibility index (Phi) is 5.30. The van der Waals surface area contributed by atoms with Crippen LogP contribution >= 0.6 is 0 Å². The number of hydrogen-bond donors (Lipinski definition) is 0. The van der Waals surface area contributed by atoms with E-state index in [2.05, 4.69) is 70.5 Å². The molecule has 0 spiro atoms. The maximum Gasteiger partial charge on any atom is 0.241 e. The third kappa shape index (κ3) is 4.35. The Morgan fingerprint density at radius 3 is 2.64 bits per heavy atom. The fraction of sp³-hybridized carbons (Fsp3) is 0.227. The quantitative estimate of drug-likeness (QED) is 0.491. The van der Waals surface area contributed by atoms with Gasteiger partial charge in [-0.1, -0.05) is 53.2 Å². The van der Waals surface area contributed by atoms with Gasteiger partial charge in [0.2, 0.25) is 11.7 Å². The smallest absolute Gasteiger partial charge is 0.241 e. The molecule has 0 aliphatic carbocycles. The second-order valence-electron chi connectivity index (χ2n) is 7.03. The summed E-state index contributed by atoms with van der Waals surface area (Å²) in [5.74, 6) is 1.25. The minimum Gasteiger partial charge on any atom is -0.338 e. The minimum absolute atomic E-state index is 0.592. The van der Waals surface area contributed by atoms with Gasteiger partial charge in [-0.3, -0.25) is 9.58 Å². The fourth-order valence-corrected chi connectivity index (χ4v) is 3.23. The van der Waals surface area contributed by atoms with Gasteiger partial charge in [-0.2, -0.15) is 10.1 Å². The molecule has 2 heterocycles. The third-order valence-electron chi connectivity index (χ3n) is 4.60. The number of rotatable bonds is 7. The molecule has 0 bridgehead atoms. The second-order valence-corrected chi connectivity index (χ2v) is 7.03. The van der Waals surface area contributed by atoms with Crippen molar-refractivity contribution in [2.75, 3.05) is 7.05 Å². The topological polar surface area (TPSA) is 60.0 Å². The molecule has 0 saturated heterocycles. The van der Waals surface area contributed by atoms with Crippen LogP contribution in [0.1, 0.15) is 22.6 Å². The Bertz CT molecular complexity index is 1040. The van der Waals surface area contributed by atoms with Crippen molar-refractivity contribution in [2.45, 2.75) is 26.6 Å². The zero-order valence-electron chi connectivity index (χ0n) is 16.1. The maximum absolute atomic E-state index is 5.47. The molecule has 2 aromatic carbocycles. The molecule has 0 amide bonds. The monoisotopic (exact) mass is 373 g/mol. The molecule has 0 aliphatic heterocycles. The minimum atomic E-state index is 0.592. The molecule has 0 saturated carbocycles. The lowest BCUT2D eigenvalue weighted by Gasteiger charge is -2.17. The van der Waals surface area contributed by atoms with Crippen LogP contribution in [0.3, 0.4) is 0 Å². The SMILES string of the molecule is Cc1cccc(-c2noc(CN(C)Cc3ccccc3Cn3cccn3)n2)c1. The summed E-state index contributed by atoms with van der Waals surface area (Å²) in [7, 11) is 2.06. The zero-order valence-corrected chi connectivity index (χ0v) is 16.1. The van der Waals surface area contributed by atoms with Crippen molar-refractivity contribution < 1.29 is 4.52 Å². The van der Waals surface area contributed by atoms with Gasteiger partial charge in [0.1, 0.15) is 0 Å². The van der Waals surface area contributed by atoms with Gasteiger partial charge >= 0.3 is 0 Å². The highest BCUT2D eigenvalue weighted by Gasteiger charge is 2.12.